The van der Waals surface area contributed by atoms with Crippen LogP contribution in [0.5, 0.6) is 0 Å². The number of hydrogen-bond donors (Lipinski definition) is 1. The first-order chi connectivity index (χ1) is 13.0. The van der Waals surface area contributed by atoms with E-state index in [0.717, 1.165) is 27.5 Å². The van der Waals surface area contributed by atoms with Crippen LogP contribution in [0.25, 0.3) is 0 Å². The molecule has 0 atom stereocenters. The fourth-order valence-electron chi connectivity index (χ4n) is 2.56. The van der Waals surface area contributed by atoms with Gasteiger partial charge in [0.05, 0.1) is 12.3 Å². The Morgan fingerprint density at radius 3 is 2.30 bits per heavy atom. The van der Waals surface area contributed by atoms with Crippen molar-refractivity contribution in [3.05, 3.63) is 71.7 Å². The first-order valence-electron chi connectivity index (χ1n) is 8.57. The van der Waals surface area contributed by atoms with E-state index >= 15 is 0 Å². The van der Waals surface area contributed by atoms with E-state index in [1.165, 1.54) is 35.8 Å². The quantitative estimate of drug-likeness (QED) is 0.560. The van der Waals surface area contributed by atoms with Crippen molar-refractivity contribution in [2.45, 2.75) is 41.0 Å². The molecule has 3 aromatic rings. The van der Waals surface area contributed by atoms with Crippen molar-refractivity contribution in [3.8, 4) is 0 Å². The van der Waals surface area contributed by atoms with E-state index in [0.29, 0.717) is 11.3 Å². The Hall–Kier alpha value is -1.83. The molecule has 3 nitrogen and oxygen atoms in total. The van der Waals surface area contributed by atoms with E-state index in [-0.39, 0.29) is 12.5 Å². The number of aromatic nitrogens is 2. The third-order valence-electron chi connectivity index (χ3n) is 3.76. The summed E-state index contributed by atoms with van der Waals surface area (Å²) in [5, 5.41) is 10.3. The number of imidazole rings is 1. The van der Waals surface area contributed by atoms with Gasteiger partial charge >= 0.3 is 0 Å². The maximum atomic E-state index is 13.6. The second-order valence-electron chi connectivity index (χ2n) is 6.25. The SMILES string of the molecule is CC(C)c1nc(CCO)n(Sc2ccccc2)c1Sc1cc(F)cc(F)c1. The molecule has 0 aliphatic rings. The lowest BCUT2D eigenvalue weighted by atomic mass is 10.2. The van der Waals surface area contributed by atoms with E-state index in [4.69, 9.17) is 4.98 Å². The molecule has 0 bridgehead atoms. The highest BCUT2D eigenvalue weighted by molar-refractivity contribution is 8.01. The van der Waals surface area contributed by atoms with Crippen molar-refractivity contribution in [2.75, 3.05) is 6.61 Å². The highest BCUT2D eigenvalue weighted by Gasteiger charge is 2.21. The van der Waals surface area contributed by atoms with Crippen LogP contribution >= 0.6 is 23.7 Å². The van der Waals surface area contributed by atoms with E-state index in [1.54, 1.807) is 0 Å². The molecule has 2 aromatic carbocycles. The van der Waals surface area contributed by atoms with Crippen molar-refractivity contribution >= 4 is 23.7 Å². The van der Waals surface area contributed by atoms with Crippen LogP contribution in [0.15, 0.2) is 63.3 Å². The molecule has 1 N–H and O–H groups in total. The molecule has 0 fully saturated rings. The molecule has 0 saturated heterocycles. The lowest BCUT2D eigenvalue weighted by Gasteiger charge is -2.12. The minimum Gasteiger partial charge on any atom is -0.396 e. The summed E-state index contributed by atoms with van der Waals surface area (Å²) < 4.78 is 29.3. The van der Waals surface area contributed by atoms with Crippen molar-refractivity contribution < 1.29 is 13.9 Å². The summed E-state index contributed by atoms with van der Waals surface area (Å²) in [6, 6.07) is 13.3. The molecular formula is C20H20F2N2OS2. The van der Waals surface area contributed by atoms with Gasteiger partial charge in [-0.25, -0.2) is 13.8 Å². The zero-order valence-corrected chi connectivity index (χ0v) is 16.7. The van der Waals surface area contributed by atoms with Crippen LogP contribution in [-0.4, -0.2) is 20.7 Å². The molecule has 0 aliphatic heterocycles. The molecule has 3 rings (SSSR count). The number of aliphatic hydroxyl groups excluding tert-OH is 1. The topological polar surface area (TPSA) is 38.1 Å². The van der Waals surface area contributed by atoms with Crippen LogP contribution < -0.4 is 0 Å². The largest absolute Gasteiger partial charge is 0.396 e. The third-order valence-corrected chi connectivity index (χ3v) is 5.99. The summed E-state index contributed by atoms with van der Waals surface area (Å²) >= 11 is 2.76. The summed E-state index contributed by atoms with van der Waals surface area (Å²) in [5.41, 5.74) is 0.844. The molecule has 0 saturated carbocycles. The van der Waals surface area contributed by atoms with Gasteiger partial charge in [0.25, 0.3) is 0 Å². The van der Waals surface area contributed by atoms with E-state index in [2.05, 4.69) is 0 Å². The number of nitrogens with zero attached hydrogens (tertiary/aromatic N) is 2. The van der Waals surface area contributed by atoms with Crippen molar-refractivity contribution in [1.82, 2.24) is 8.96 Å². The molecule has 0 unspecified atom stereocenters. The van der Waals surface area contributed by atoms with Gasteiger partial charge in [-0.1, -0.05) is 43.8 Å². The minimum atomic E-state index is -0.610. The Labute approximate surface area is 166 Å². The standard InChI is InChI=1S/C20H20F2N2OS2/c1-13(2)19-20(26-17-11-14(21)10-15(22)12-17)24(18(23-19)8-9-25)27-16-6-4-3-5-7-16/h3-7,10-13,25H,8-9H2,1-2H3. The average molecular weight is 407 g/mol. The van der Waals surface area contributed by atoms with Crippen molar-refractivity contribution in [3.63, 3.8) is 0 Å². The summed E-state index contributed by atoms with van der Waals surface area (Å²) in [7, 11) is 0. The molecule has 27 heavy (non-hydrogen) atoms. The number of benzene rings is 2. The molecular weight excluding hydrogens is 386 g/mol. The summed E-state index contributed by atoms with van der Waals surface area (Å²) in [4.78, 5) is 6.19. The van der Waals surface area contributed by atoms with Crippen LogP contribution in [0.1, 0.15) is 31.3 Å². The number of halogens is 2. The number of rotatable bonds is 7. The summed E-state index contributed by atoms with van der Waals surface area (Å²) in [6.45, 7) is 4.03. The molecule has 0 aliphatic carbocycles. The first kappa shape index (κ1) is 19.9. The lowest BCUT2D eigenvalue weighted by molar-refractivity contribution is 0.296. The fraction of sp³-hybridized carbons (Fsp3) is 0.250. The Morgan fingerprint density at radius 2 is 1.70 bits per heavy atom. The maximum Gasteiger partial charge on any atom is 0.127 e. The second kappa shape index (κ2) is 8.91. The molecule has 1 heterocycles. The van der Waals surface area contributed by atoms with Crippen LogP contribution in [-0.2, 0) is 6.42 Å². The Kier molecular flexibility index (Phi) is 6.57. The summed E-state index contributed by atoms with van der Waals surface area (Å²) in [5.74, 6) is -0.364. The zero-order valence-electron chi connectivity index (χ0n) is 15.0. The fourth-order valence-corrected chi connectivity index (χ4v) is 4.83. The highest BCUT2D eigenvalue weighted by Crippen LogP contribution is 2.39. The van der Waals surface area contributed by atoms with E-state index in [1.807, 2.05) is 48.2 Å². The molecule has 0 radical (unpaired) electrons. The molecule has 0 spiro atoms. The minimum absolute atomic E-state index is 0.0252. The van der Waals surface area contributed by atoms with Gasteiger partial charge in [0, 0.05) is 22.3 Å². The predicted molar refractivity (Wildman–Crippen MR) is 105 cm³/mol. The lowest BCUT2D eigenvalue weighted by Crippen LogP contribution is -2.01. The monoisotopic (exact) mass is 406 g/mol. The normalized spacial score (nSPS) is 11.3. The Balaban J connectivity index is 2.08. The second-order valence-corrected chi connectivity index (χ2v) is 8.33. The van der Waals surface area contributed by atoms with Crippen LogP contribution in [0.2, 0.25) is 0 Å². The average Bonchev–Trinajstić information content (AvgIpc) is 2.93. The van der Waals surface area contributed by atoms with E-state index in [9.17, 15) is 13.9 Å². The van der Waals surface area contributed by atoms with Gasteiger partial charge in [-0.15, -0.1) is 0 Å². The van der Waals surface area contributed by atoms with Gasteiger partial charge in [-0.05, 0) is 42.1 Å². The van der Waals surface area contributed by atoms with Gasteiger partial charge in [-0.2, -0.15) is 0 Å². The Morgan fingerprint density at radius 1 is 1.04 bits per heavy atom. The van der Waals surface area contributed by atoms with Gasteiger partial charge < -0.3 is 5.11 Å². The molecule has 7 heteroatoms. The highest BCUT2D eigenvalue weighted by atomic mass is 32.2. The zero-order chi connectivity index (χ0) is 19.4. The smallest absolute Gasteiger partial charge is 0.127 e. The summed E-state index contributed by atoms with van der Waals surface area (Å²) in [6.07, 6.45) is 0.400. The maximum absolute atomic E-state index is 13.6. The van der Waals surface area contributed by atoms with E-state index < -0.39 is 11.6 Å². The van der Waals surface area contributed by atoms with Gasteiger partial charge in [0.2, 0.25) is 0 Å². The van der Waals surface area contributed by atoms with Gasteiger partial charge in [0.1, 0.15) is 22.5 Å². The molecule has 0 amide bonds. The van der Waals surface area contributed by atoms with Crippen LogP contribution in [0.4, 0.5) is 8.78 Å². The number of hydrogen-bond acceptors (Lipinski definition) is 4. The Bertz CT molecular complexity index is 894. The molecule has 142 valence electrons. The predicted octanol–water partition coefficient (Wildman–Crippen LogP) is 5.53. The third kappa shape index (κ3) is 4.91. The van der Waals surface area contributed by atoms with Crippen LogP contribution in [0.3, 0.4) is 0 Å². The number of aliphatic hydroxyl groups is 1. The van der Waals surface area contributed by atoms with Gasteiger partial charge in [0.15, 0.2) is 0 Å². The van der Waals surface area contributed by atoms with Crippen molar-refractivity contribution in [1.29, 1.82) is 0 Å². The molecule has 1 aromatic heterocycles. The van der Waals surface area contributed by atoms with Crippen LogP contribution in [0, 0.1) is 11.6 Å². The van der Waals surface area contributed by atoms with Crippen molar-refractivity contribution in [2.24, 2.45) is 0 Å². The first-order valence-corrected chi connectivity index (χ1v) is 10.2. The van der Waals surface area contributed by atoms with Gasteiger partial charge in [-0.3, -0.25) is 3.97 Å².